The van der Waals surface area contributed by atoms with Gasteiger partial charge in [0.2, 0.25) is 0 Å². The summed E-state index contributed by atoms with van der Waals surface area (Å²) in [5.41, 5.74) is 1.33. The van der Waals surface area contributed by atoms with Crippen LogP contribution in [0.4, 0.5) is 4.39 Å². The zero-order valence-electron chi connectivity index (χ0n) is 13.8. The summed E-state index contributed by atoms with van der Waals surface area (Å²) in [6, 6.07) is 0. The van der Waals surface area contributed by atoms with Gasteiger partial charge < -0.3 is 4.90 Å². The molecule has 1 saturated heterocycles. The molecule has 1 fully saturated rings. The van der Waals surface area contributed by atoms with E-state index in [2.05, 4.69) is 28.6 Å². The van der Waals surface area contributed by atoms with Gasteiger partial charge in [-0.25, -0.2) is 4.39 Å². The van der Waals surface area contributed by atoms with Gasteiger partial charge in [-0.15, -0.1) is 0 Å². The molecule has 0 unspecified atom stereocenters. The first-order valence-corrected chi connectivity index (χ1v) is 8.11. The maximum absolute atomic E-state index is 13.7. The third-order valence-corrected chi connectivity index (χ3v) is 4.09. The Bertz CT molecular complexity index is 498. The molecule has 2 heterocycles. The van der Waals surface area contributed by atoms with E-state index in [0.717, 1.165) is 32.4 Å². The Labute approximate surface area is 133 Å². The van der Waals surface area contributed by atoms with Crippen molar-refractivity contribution in [2.75, 3.05) is 19.6 Å². The largest absolute Gasteiger partial charge is 0.300 e. The minimum absolute atomic E-state index is 0.528. The van der Waals surface area contributed by atoms with Gasteiger partial charge in [0.05, 0.1) is 0 Å². The topological polar surface area (TPSA) is 15.6 Å². The minimum atomic E-state index is -1.10. The predicted molar refractivity (Wildman–Crippen MR) is 93.0 cm³/mol. The quantitative estimate of drug-likeness (QED) is 0.684. The fourth-order valence-corrected chi connectivity index (χ4v) is 3.04. The van der Waals surface area contributed by atoms with Crippen molar-refractivity contribution >= 4 is 6.21 Å². The first kappa shape index (κ1) is 16.9. The first-order valence-electron chi connectivity index (χ1n) is 8.11. The number of rotatable bonds is 5. The van der Waals surface area contributed by atoms with Crippen molar-refractivity contribution < 1.29 is 4.39 Å². The monoisotopic (exact) mass is 302 g/mol. The molecule has 0 amide bonds. The summed E-state index contributed by atoms with van der Waals surface area (Å²) in [5.74, 6) is 0.528. The number of hydrogen-bond donors (Lipinski definition) is 0. The Hall–Kier alpha value is -1.48. The number of aliphatic imine (C=N–C) groups is 1. The Kier molecular flexibility index (Phi) is 5.90. The maximum Gasteiger partial charge on any atom is 0.118 e. The molecule has 2 rings (SSSR count). The van der Waals surface area contributed by atoms with Crippen LogP contribution in [0.1, 0.15) is 33.1 Å². The fourth-order valence-electron chi connectivity index (χ4n) is 3.04. The standard InChI is InChI=1S/C19H27FN2/c1-4-5-6-7-16-8-9-18(21-14-16)17-10-12-22(13-11-17)15-19(2,3)20/h4-7,9,14,17H,1,8,10-13,15H2,2-3H3/b6-5-,16-7+. The summed E-state index contributed by atoms with van der Waals surface area (Å²) in [6.07, 6.45) is 15.1. The van der Waals surface area contributed by atoms with Crippen LogP contribution in [0.15, 0.2) is 53.2 Å². The van der Waals surface area contributed by atoms with Crippen LogP contribution in [0.5, 0.6) is 0 Å². The highest BCUT2D eigenvalue weighted by atomic mass is 19.1. The van der Waals surface area contributed by atoms with E-state index >= 15 is 0 Å². The van der Waals surface area contributed by atoms with Crippen molar-refractivity contribution in [3.05, 3.63) is 48.2 Å². The highest BCUT2D eigenvalue weighted by molar-refractivity contribution is 5.81. The number of piperidine rings is 1. The molecular weight excluding hydrogens is 275 g/mol. The van der Waals surface area contributed by atoms with Crippen molar-refractivity contribution in [2.24, 2.45) is 10.9 Å². The van der Waals surface area contributed by atoms with Gasteiger partial charge in [0.25, 0.3) is 0 Å². The molecule has 2 aliphatic heterocycles. The van der Waals surface area contributed by atoms with Gasteiger partial charge in [-0.05, 0) is 51.8 Å². The van der Waals surface area contributed by atoms with Gasteiger partial charge in [-0.1, -0.05) is 37.0 Å². The molecule has 0 bridgehead atoms. The van der Waals surface area contributed by atoms with Gasteiger partial charge in [-0.2, -0.15) is 0 Å². The van der Waals surface area contributed by atoms with Crippen molar-refractivity contribution in [1.29, 1.82) is 0 Å². The second kappa shape index (κ2) is 7.68. The van der Waals surface area contributed by atoms with Crippen LogP contribution in [0.3, 0.4) is 0 Å². The molecule has 22 heavy (non-hydrogen) atoms. The Balaban J connectivity index is 1.83. The summed E-state index contributed by atoms with van der Waals surface area (Å²) >= 11 is 0. The average Bonchev–Trinajstić information content (AvgIpc) is 2.48. The van der Waals surface area contributed by atoms with Gasteiger partial charge in [-0.3, -0.25) is 4.99 Å². The average molecular weight is 302 g/mol. The predicted octanol–water partition coefficient (Wildman–Crippen LogP) is 4.47. The summed E-state index contributed by atoms with van der Waals surface area (Å²) in [4.78, 5) is 6.86. The van der Waals surface area contributed by atoms with Crippen LogP contribution in [-0.2, 0) is 0 Å². The molecule has 0 radical (unpaired) electrons. The molecule has 0 spiro atoms. The maximum atomic E-state index is 13.7. The number of nitrogens with zero attached hydrogens (tertiary/aromatic N) is 2. The van der Waals surface area contributed by atoms with Gasteiger partial charge in [0, 0.05) is 24.4 Å². The molecule has 0 aromatic rings. The van der Waals surface area contributed by atoms with Crippen molar-refractivity contribution in [3.63, 3.8) is 0 Å². The van der Waals surface area contributed by atoms with E-state index < -0.39 is 5.67 Å². The molecule has 0 aliphatic carbocycles. The molecule has 0 aromatic heterocycles. The Morgan fingerprint density at radius 1 is 1.36 bits per heavy atom. The van der Waals surface area contributed by atoms with Gasteiger partial charge in [0.15, 0.2) is 0 Å². The van der Waals surface area contributed by atoms with Crippen molar-refractivity contribution in [2.45, 2.75) is 38.8 Å². The lowest BCUT2D eigenvalue weighted by molar-refractivity contribution is 0.101. The molecule has 0 N–H and O–H groups in total. The normalized spacial score (nSPS) is 23.2. The SMILES string of the molecule is C=C/C=C\C=C1\C=NC(C2CCN(CC(C)(C)F)CC2)=CC1. The molecule has 0 aromatic carbocycles. The second-order valence-electron chi connectivity index (χ2n) is 6.72. The van der Waals surface area contributed by atoms with E-state index in [1.54, 1.807) is 19.9 Å². The lowest BCUT2D eigenvalue weighted by atomic mass is 9.91. The van der Waals surface area contributed by atoms with E-state index in [1.807, 2.05) is 18.4 Å². The van der Waals surface area contributed by atoms with Crippen LogP contribution >= 0.6 is 0 Å². The lowest BCUT2D eigenvalue weighted by Crippen LogP contribution is -2.41. The van der Waals surface area contributed by atoms with E-state index in [0.29, 0.717) is 12.5 Å². The Morgan fingerprint density at radius 3 is 2.64 bits per heavy atom. The van der Waals surface area contributed by atoms with Crippen LogP contribution < -0.4 is 0 Å². The number of hydrogen-bond acceptors (Lipinski definition) is 2. The molecule has 120 valence electrons. The molecule has 2 aliphatic rings. The van der Waals surface area contributed by atoms with Crippen LogP contribution in [0.2, 0.25) is 0 Å². The minimum Gasteiger partial charge on any atom is -0.300 e. The summed E-state index contributed by atoms with van der Waals surface area (Å²) in [5, 5.41) is 0. The summed E-state index contributed by atoms with van der Waals surface area (Å²) in [7, 11) is 0. The number of alkyl halides is 1. The van der Waals surface area contributed by atoms with Crippen LogP contribution in [0.25, 0.3) is 0 Å². The zero-order valence-corrected chi connectivity index (χ0v) is 13.8. The number of allylic oxidation sites excluding steroid dienone is 7. The van der Waals surface area contributed by atoms with E-state index in [1.165, 1.54) is 11.3 Å². The van der Waals surface area contributed by atoms with Crippen molar-refractivity contribution in [3.8, 4) is 0 Å². The highest BCUT2D eigenvalue weighted by Crippen LogP contribution is 2.29. The molecule has 3 heteroatoms. The molecule has 2 nitrogen and oxygen atoms in total. The molecule has 0 atom stereocenters. The van der Waals surface area contributed by atoms with Crippen LogP contribution in [0, 0.1) is 5.92 Å². The van der Waals surface area contributed by atoms with Crippen molar-refractivity contribution in [1.82, 2.24) is 4.90 Å². The fraction of sp³-hybridized carbons (Fsp3) is 0.526. The van der Waals surface area contributed by atoms with Crippen LogP contribution in [-0.4, -0.2) is 36.4 Å². The smallest absolute Gasteiger partial charge is 0.118 e. The second-order valence-corrected chi connectivity index (χ2v) is 6.72. The van der Waals surface area contributed by atoms with E-state index in [4.69, 9.17) is 0 Å². The van der Waals surface area contributed by atoms with Gasteiger partial charge in [0.1, 0.15) is 5.67 Å². The lowest BCUT2D eigenvalue weighted by Gasteiger charge is -2.35. The summed E-state index contributed by atoms with van der Waals surface area (Å²) < 4.78 is 13.7. The number of halogens is 1. The molecular formula is C19H27FN2. The Morgan fingerprint density at radius 2 is 2.09 bits per heavy atom. The zero-order chi connectivity index (χ0) is 16.0. The third kappa shape index (κ3) is 5.38. The van der Waals surface area contributed by atoms with E-state index in [9.17, 15) is 4.39 Å². The van der Waals surface area contributed by atoms with Gasteiger partial charge >= 0.3 is 0 Å². The first-order chi connectivity index (χ1) is 10.5. The van der Waals surface area contributed by atoms with E-state index in [-0.39, 0.29) is 0 Å². The number of likely N-dealkylation sites (tertiary alicyclic amines) is 1. The molecule has 0 saturated carbocycles. The third-order valence-electron chi connectivity index (χ3n) is 4.09. The highest BCUT2D eigenvalue weighted by Gasteiger charge is 2.26. The summed E-state index contributed by atoms with van der Waals surface area (Å²) in [6.45, 7) is 9.43.